The molecule has 0 N–H and O–H groups in total. The Labute approximate surface area is 166 Å². The molecule has 0 spiro atoms. The molecule has 1 aromatic heterocycles. The molecule has 28 heavy (non-hydrogen) atoms. The van der Waals surface area contributed by atoms with E-state index in [1.165, 1.54) is 23.3 Å². The average molecular weight is 400 g/mol. The summed E-state index contributed by atoms with van der Waals surface area (Å²) in [7, 11) is 0. The van der Waals surface area contributed by atoms with Gasteiger partial charge in [0.05, 0.1) is 0 Å². The van der Waals surface area contributed by atoms with Gasteiger partial charge in [0.1, 0.15) is 5.82 Å². The van der Waals surface area contributed by atoms with E-state index in [-0.39, 0.29) is 5.82 Å². The van der Waals surface area contributed by atoms with Crippen LogP contribution in [0.15, 0.2) is 68.2 Å². The van der Waals surface area contributed by atoms with Crippen molar-refractivity contribution in [2.45, 2.75) is 12.8 Å². The van der Waals surface area contributed by atoms with E-state index in [1.807, 2.05) is 24.3 Å². The molecule has 1 aliphatic rings. The third kappa shape index (κ3) is 4.26. The Morgan fingerprint density at radius 1 is 1.00 bits per heavy atom. The van der Waals surface area contributed by atoms with Crippen LogP contribution in [0.2, 0.25) is 5.02 Å². The zero-order valence-corrected chi connectivity index (χ0v) is 15.9. The second-order valence-electron chi connectivity index (χ2n) is 6.75. The van der Waals surface area contributed by atoms with Gasteiger partial charge in [-0.1, -0.05) is 29.8 Å². The fourth-order valence-electron chi connectivity index (χ4n) is 3.39. The standard InChI is InChI=1S/C22H19ClFNO3/c23-18-5-1-15(2-6-18)16-9-12-25(13-10-16)14-11-20-21(28-22(26)27-20)17-3-7-19(24)8-4-17/h1-9H,10-14H2. The normalized spacial score (nSPS) is 14.9. The Morgan fingerprint density at radius 2 is 1.71 bits per heavy atom. The maximum atomic E-state index is 13.1. The first-order chi connectivity index (χ1) is 13.6. The van der Waals surface area contributed by atoms with E-state index < -0.39 is 5.82 Å². The number of hydrogen-bond acceptors (Lipinski definition) is 4. The minimum absolute atomic E-state index is 0.340. The highest BCUT2D eigenvalue weighted by Crippen LogP contribution is 2.26. The van der Waals surface area contributed by atoms with Crippen LogP contribution in [0, 0.1) is 5.82 Å². The maximum Gasteiger partial charge on any atom is 0.519 e. The van der Waals surface area contributed by atoms with Crippen molar-refractivity contribution in [3.05, 3.63) is 87.4 Å². The predicted molar refractivity (Wildman–Crippen MR) is 107 cm³/mol. The summed E-state index contributed by atoms with van der Waals surface area (Å²) >= 11 is 5.95. The summed E-state index contributed by atoms with van der Waals surface area (Å²) < 4.78 is 23.5. The van der Waals surface area contributed by atoms with Crippen LogP contribution < -0.4 is 5.82 Å². The molecule has 0 atom stereocenters. The number of nitrogens with zero attached hydrogens (tertiary/aromatic N) is 1. The van der Waals surface area contributed by atoms with Crippen molar-refractivity contribution >= 4 is 17.2 Å². The number of halogens is 2. The summed E-state index contributed by atoms with van der Waals surface area (Å²) in [4.78, 5) is 13.9. The van der Waals surface area contributed by atoms with Crippen molar-refractivity contribution in [2.24, 2.45) is 0 Å². The van der Waals surface area contributed by atoms with Crippen molar-refractivity contribution in [1.29, 1.82) is 0 Å². The Bertz CT molecular complexity index is 1030. The highest BCUT2D eigenvalue weighted by atomic mass is 35.5. The van der Waals surface area contributed by atoms with Crippen LogP contribution in [0.4, 0.5) is 4.39 Å². The predicted octanol–water partition coefficient (Wildman–Crippen LogP) is 5.02. The lowest BCUT2D eigenvalue weighted by Gasteiger charge is -2.26. The smallest absolute Gasteiger partial charge is 0.395 e. The second kappa shape index (κ2) is 8.17. The topological polar surface area (TPSA) is 46.6 Å². The zero-order chi connectivity index (χ0) is 19.5. The van der Waals surface area contributed by atoms with E-state index in [1.54, 1.807) is 12.1 Å². The molecule has 0 radical (unpaired) electrons. The highest BCUT2D eigenvalue weighted by molar-refractivity contribution is 6.30. The van der Waals surface area contributed by atoms with Gasteiger partial charge in [-0.05, 0) is 54.0 Å². The van der Waals surface area contributed by atoms with Crippen LogP contribution in [0.1, 0.15) is 17.7 Å². The molecule has 4 nitrogen and oxygen atoms in total. The molecule has 6 heteroatoms. The molecule has 0 fully saturated rings. The molecule has 1 aliphatic heterocycles. The minimum atomic E-state index is -0.738. The van der Waals surface area contributed by atoms with Gasteiger partial charge < -0.3 is 8.83 Å². The molecule has 2 heterocycles. The van der Waals surface area contributed by atoms with Gasteiger partial charge in [0.2, 0.25) is 0 Å². The molecule has 3 aromatic rings. The molecule has 0 bridgehead atoms. The maximum absolute atomic E-state index is 13.1. The molecule has 4 rings (SSSR count). The molecule has 2 aromatic carbocycles. The summed E-state index contributed by atoms with van der Waals surface area (Å²) in [5.74, 6) is -0.214. The lowest BCUT2D eigenvalue weighted by molar-refractivity contribution is 0.293. The van der Waals surface area contributed by atoms with Crippen LogP contribution in [0.3, 0.4) is 0 Å². The SMILES string of the molecule is O=c1oc(CCN2CC=C(c3ccc(Cl)cc3)CC2)c(-c2ccc(F)cc2)o1. The Kier molecular flexibility index (Phi) is 5.46. The molecule has 0 saturated carbocycles. The average Bonchev–Trinajstić information content (AvgIpc) is 3.08. The lowest BCUT2D eigenvalue weighted by atomic mass is 9.99. The van der Waals surface area contributed by atoms with E-state index in [9.17, 15) is 9.18 Å². The molecular weight excluding hydrogens is 381 g/mol. The van der Waals surface area contributed by atoms with Crippen molar-refractivity contribution < 1.29 is 13.2 Å². The zero-order valence-electron chi connectivity index (χ0n) is 15.2. The molecular formula is C22H19ClFNO3. The first-order valence-electron chi connectivity index (χ1n) is 9.14. The van der Waals surface area contributed by atoms with Crippen LogP contribution in [0.25, 0.3) is 16.9 Å². The Hall–Kier alpha value is -2.63. The summed E-state index contributed by atoms with van der Waals surface area (Å²) in [6, 6.07) is 13.7. The first-order valence-corrected chi connectivity index (χ1v) is 9.52. The van der Waals surface area contributed by atoms with Gasteiger partial charge in [-0.15, -0.1) is 0 Å². The quantitative estimate of drug-likeness (QED) is 0.604. The van der Waals surface area contributed by atoms with E-state index in [2.05, 4.69) is 11.0 Å². The third-order valence-electron chi connectivity index (χ3n) is 4.91. The first kappa shape index (κ1) is 18.7. The molecule has 0 aliphatic carbocycles. The van der Waals surface area contributed by atoms with Crippen LogP contribution >= 0.6 is 11.6 Å². The largest absolute Gasteiger partial charge is 0.519 e. The van der Waals surface area contributed by atoms with Gasteiger partial charge in [0.25, 0.3) is 0 Å². The van der Waals surface area contributed by atoms with Gasteiger partial charge >= 0.3 is 5.82 Å². The fraction of sp³-hybridized carbons (Fsp3) is 0.227. The van der Waals surface area contributed by atoms with Crippen molar-refractivity contribution in [3.63, 3.8) is 0 Å². The van der Waals surface area contributed by atoms with Crippen LogP contribution in [-0.4, -0.2) is 24.5 Å². The fourth-order valence-corrected chi connectivity index (χ4v) is 3.52. The Balaban J connectivity index is 1.41. The van der Waals surface area contributed by atoms with Gasteiger partial charge in [0, 0.05) is 36.6 Å². The Morgan fingerprint density at radius 3 is 2.39 bits per heavy atom. The monoisotopic (exact) mass is 399 g/mol. The molecule has 0 amide bonds. The van der Waals surface area contributed by atoms with Crippen molar-refractivity contribution in [3.8, 4) is 11.3 Å². The van der Waals surface area contributed by atoms with E-state index >= 15 is 0 Å². The molecule has 144 valence electrons. The second-order valence-corrected chi connectivity index (χ2v) is 7.19. The lowest BCUT2D eigenvalue weighted by Crippen LogP contribution is -2.30. The van der Waals surface area contributed by atoms with E-state index in [4.69, 9.17) is 20.4 Å². The van der Waals surface area contributed by atoms with Crippen molar-refractivity contribution in [1.82, 2.24) is 4.90 Å². The van der Waals surface area contributed by atoms with Crippen LogP contribution in [0.5, 0.6) is 0 Å². The van der Waals surface area contributed by atoms with Gasteiger partial charge in [0.15, 0.2) is 11.5 Å². The van der Waals surface area contributed by atoms with Gasteiger partial charge in [-0.25, -0.2) is 9.18 Å². The van der Waals surface area contributed by atoms with E-state index in [0.717, 1.165) is 31.1 Å². The number of rotatable bonds is 5. The third-order valence-corrected chi connectivity index (χ3v) is 5.17. The summed E-state index contributed by atoms with van der Waals surface area (Å²) in [5, 5.41) is 0.736. The molecule has 0 unspecified atom stereocenters. The number of hydrogen-bond donors (Lipinski definition) is 0. The summed E-state index contributed by atoms with van der Waals surface area (Å²) in [5.41, 5.74) is 3.14. The van der Waals surface area contributed by atoms with Crippen LogP contribution in [-0.2, 0) is 6.42 Å². The molecule has 0 saturated heterocycles. The number of benzene rings is 2. The highest BCUT2D eigenvalue weighted by Gasteiger charge is 2.18. The van der Waals surface area contributed by atoms with E-state index in [0.29, 0.717) is 23.5 Å². The summed E-state index contributed by atoms with van der Waals surface area (Å²) in [6.45, 7) is 2.48. The summed E-state index contributed by atoms with van der Waals surface area (Å²) in [6.07, 6.45) is 3.71. The van der Waals surface area contributed by atoms with Crippen molar-refractivity contribution in [2.75, 3.05) is 19.6 Å². The van der Waals surface area contributed by atoms with Gasteiger partial charge in [-0.3, -0.25) is 4.90 Å². The van der Waals surface area contributed by atoms with Gasteiger partial charge in [-0.2, -0.15) is 0 Å². The minimum Gasteiger partial charge on any atom is -0.395 e.